The number of ether oxygens (including phenoxy) is 2. The minimum atomic E-state index is 0. The highest BCUT2D eigenvalue weighted by atomic mass is 127. The lowest BCUT2D eigenvalue weighted by atomic mass is 10.1. The van der Waals surface area contributed by atoms with Gasteiger partial charge in [0.25, 0.3) is 0 Å². The highest BCUT2D eigenvalue weighted by molar-refractivity contribution is 14.0. The predicted molar refractivity (Wildman–Crippen MR) is 105 cm³/mol. The van der Waals surface area contributed by atoms with Crippen LogP contribution in [0.1, 0.15) is 18.9 Å². The number of nitrogens with one attached hydrogen (secondary N) is 1. The van der Waals surface area contributed by atoms with Crippen LogP contribution in [0.2, 0.25) is 0 Å². The summed E-state index contributed by atoms with van der Waals surface area (Å²) in [4.78, 5) is 6.54. The molecule has 1 heterocycles. The van der Waals surface area contributed by atoms with E-state index in [1.807, 2.05) is 26.1 Å². The number of rotatable bonds is 6. The average molecular weight is 433 g/mol. The Kier molecular flexibility index (Phi) is 9.31. The van der Waals surface area contributed by atoms with Crippen molar-refractivity contribution in [3.63, 3.8) is 0 Å². The molecule has 1 aliphatic heterocycles. The summed E-state index contributed by atoms with van der Waals surface area (Å²) in [6, 6.07) is 8.15. The Labute approximate surface area is 156 Å². The van der Waals surface area contributed by atoms with E-state index < -0.39 is 0 Å². The number of hydrogen-bond donors (Lipinski definition) is 1. The Morgan fingerprint density at radius 3 is 2.96 bits per heavy atom. The fourth-order valence-corrected chi connectivity index (χ4v) is 2.68. The second kappa shape index (κ2) is 10.7. The van der Waals surface area contributed by atoms with Gasteiger partial charge in [-0.05, 0) is 31.0 Å². The molecule has 5 nitrogen and oxygen atoms in total. The van der Waals surface area contributed by atoms with Crippen LogP contribution < -0.4 is 10.1 Å². The van der Waals surface area contributed by atoms with Gasteiger partial charge in [-0.25, -0.2) is 0 Å². The summed E-state index contributed by atoms with van der Waals surface area (Å²) in [5, 5.41) is 3.41. The van der Waals surface area contributed by atoms with Gasteiger partial charge in [-0.15, -0.1) is 24.0 Å². The van der Waals surface area contributed by atoms with Crippen LogP contribution in [0.4, 0.5) is 0 Å². The minimum absolute atomic E-state index is 0. The summed E-state index contributed by atoms with van der Waals surface area (Å²) in [7, 11) is 3.89. The van der Waals surface area contributed by atoms with E-state index in [4.69, 9.17) is 9.47 Å². The Hall–Kier alpha value is -1.02. The lowest BCUT2D eigenvalue weighted by Gasteiger charge is -2.24. The number of hydrogen-bond acceptors (Lipinski definition) is 3. The quantitative estimate of drug-likeness (QED) is 0.426. The first-order valence-corrected chi connectivity index (χ1v) is 7.94. The minimum Gasteiger partial charge on any atom is -0.494 e. The summed E-state index contributed by atoms with van der Waals surface area (Å²) < 4.78 is 11.0. The van der Waals surface area contributed by atoms with Gasteiger partial charge < -0.3 is 19.7 Å². The van der Waals surface area contributed by atoms with Crippen molar-refractivity contribution >= 4 is 29.9 Å². The molecule has 0 spiro atoms. The molecule has 0 saturated carbocycles. The monoisotopic (exact) mass is 433 g/mol. The first kappa shape index (κ1) is 20.0. The van der Waals surface area contributed by atoms with Crippen molar-refractivity contribution in [2.24, 2.45) is 10.9 Å². The third-order valence-electron chi connectivity index (χ3n) is 3.79. The topological polar surface area (TPSA) is 46.1 Å². The van der Waals surface area contributed by atoms with Crippen LogP contribution in [0, 0.1) is 5.92 Å². The van der Waals surface area contributed by atoms with Gasteiger partial charge >= 0.3 is 0 Å². The molecule has 1 aliphatic rings. The number of nitrogens with zero attached hydrogens (tertiary/aromatic N) is 2. The normalized spacial score (nSPS) is 17.5. The molecule has 0 radical (unpaired) electrons. The van der Waals surface area contributed by atoms with Gasteiger partial charge in [-0.3, -0.25) is 4.99 Å². The lowest BCUT2D eigenvalue weighted by Crippen LogP contribution is -2.41. The van der Waals surface area contributed by atoms with Crippen molar-refractivity contribution in [2.45, 2.75) is 19.9 Å². The summed E-state index contributed by atoms with van der Waals surface area (Å²) >= 11 is 0. The maximum Gasteiger partial charge on any atom is 0.193 e. The van der Waals surface area contributed by atoms with E-state index >= 15 is 0 Å². The highest BCUT2D eigenvalue weighted by Gasteiger charge is 2.18. The fraction of sp³-hybridized carbons (Fsp3) is 0.588. The first-order valence-electron chi connectivity index (χ1n) is 7.94. The Morgan fingerprint density at radius 2 is 2.30 bits per heavy atom. The van der Waals surface area contributed by atoms with Crippen LogP contribution in [0.25, 0.3) is 0 Å². The molecule has 1 unspecified atom stereocenters. The van der Waals surface area contributed by atoms with E-state index in [1.54, 1.807) is 0 Å². The highest BCUT2D eigenvalue weighted by Crippen LogP contribution is 2.14. The predicted octanol–water partition coefficient (Wildman–Crippen LogP) is 2.75. The summed E-state index contributed by atoms with van der Waals surface area (Å²) in [6.07, 6.45) is 1.14. The number of aliphatic imine (C=N–C) groups is 1. The van der Waals surface area contributed by atoms with E-state index in [-0.39, 0.29) is 24.0 Å². The summed E-state index contributed by atoms with van der Waals surface area (Å²) in [5.41, 5.74) is 1.18. The van der Waals surface area contributed by atoms with Crippen LogP contribution in [-0.4, -0.2) is 51.3 Å². The van der Waals surface area contributed by atoms with Crippen LogP contribution in [-0.2, 0) is 11.3 Å². The fourth-order valence-electron chi connectivity index (χ4n) is 2.68. The van der Waals surface area contributed by atoms with E-state index in [2.05, 4.69) is 34.4 Å². The van der Waals surface area contributed by atoms with Gasteiger partial charge in [-0.1, -0.05) is 12.1 Å². The molecule has 1 atom stereocenters. The van der Waals surface area contributed by atoms with Crippen molar-refractivity contribution < 1.29 is 9.47 Å². The van der Waals surface area contributed by atoms with Gasteiger partial charge in [0.05, 0.1) is 13.2 Å². The number of halogens is 1. The zero-order valence-electron chi connectivity index (χ0n) is 14.2. The SMILES string of the molecule is CCOc1cccc(CNC(=NC)N(C)CC2CCOC2)c1.I. The third kappa shape index (κ3) is 6.55. The molecule has 0 aromatic heterocycles. The Morgan fingerprint density at radius 1 is 1.48 bits per heavy atom. The molecule has 1 aromatic rings. The second-order valence-electron chi connectivity index (χ2n) is 5.59. The molecule has 0 aliphatic carbocycles. The Balaban J connectivity index is 0.00000264. The maximum absolute atomic E-state index is 5.53. The second-order valence-corrected chi connectivity index (χ2v) is 5.59. The molecule has 1 fully saturated rings. The smallest absolute Gasteiger partial charge is 0.193 e. The van der Waals surface area contributed by atoms with Crippen LogP contribution in [0.5, 0.6) is 5.75 Å². The van der Waals surface area contributed by atoms with E-state index in [0.29, 0.717) is 12.5 Å². The van der Waals surface area contributed by atoms with Crippen molar-refractivity contribution in [3.8, 4) is 5.75 Å². The molecule has 23 heavy (non-hydrogen) atoms. The maximum atomic E-state index is 5.53. The van der Waals surface area contributed by atoms with E-state index in [1.165, 1.54) is 5.56 Å². The largest absolute Gasteiger partial charge is 0.494 e. The van der Waals surface area contributed by atoms with Gasteiger partial charge in [0, 0.05) is 39.7 Å². The molecule has 1 N–H and O–H groups in total. The lowest BCUT2D eigenvalue weighted by molar-refractivity contribution is 0.181. The van der Waals surface area contributed by atoms with E-state index in [0.717, 1.165) is 44.4 Å². The number of benzene rings is 1. The molecule has 0 amide bonds. The van der Waals surface area contributed by atoms with Gasteiger partial charge in [0.2, 0.25) is 0 Å². The first-order chi connectivity index (χ1) is 10.7. The third-order valence-corrected chi connectivity index (χ3v) is 3.79. The average Bonchev–Trinajstić information content (AvgIpc) is 3.01. The molecule has 1 aromatic carbocycles. The standard InChI is InChI=1S/C17H27N3O2.HI/c1-4-22-16-7-5-6-14(10-16)11-19-17(18-2)20(3)12-15-8-9-21-13-15;/h5-7,10,15H,4,8-9,11-13H2,1-3H3,(H,18,19);1H. The summed E-state index contributed by atoms with van der Waals surface area (Å²) in [5.74, 6) is 2.42. The molecular formula is C17H28IN3O2. The van der Waals surface area contributed by atoms with Crippen LogP contribution in [0.15, 0.2) is 29.3 Å². The zero-order valence-corrected chi connectivity index (χ0v) is 16.6. The van der Waals surface area contributed by atoms with Crippen LogP contribution in [0.3, 0.4) is 0 Å². The van der Waals surface area contributed by atoms with Crippen molar-refractivity contribution in [1.29, 1.82) is 0 Å². The van der Waals surface area contributed by atoms with Gasteiger partial charge in [0.1, 0.15) is 5.75 Å². The van der Waals surface area contributed by atoms with Crippen molar-refractivity contribution in [3.05, 3.63) is 29.8 Å². The van der Waals surface area contributed by atoms with Gasteiger partial charge in [-0.2, -0.15) is 0 Å². The molecule has 6 heteroatoms. The molecule has 1 saturated heterocycles. The number of guanidine groups is 1. The van der Waals surface area contributed by atoms with Gasteiger partial charge in [0.15, 0.2) is 5.96 Å². The molecule has 2 rings (SSSR count). The summed E-state index contributed by atoms with van der Waals surface area (Å²) in [6.45, 7) is 6.13. The molecule has 130 valence electrons. The molecular weight excluding hydrogens is 405 g/mol. The molecule has 0 bridgehead atoms. The van der Waals surface area contributed by atoms with Crippen LogP contribution >= 0.6 is 24.0 Å². The van der Waals surface area contributed by atoms with Crippen molar-refractivity contribution in [1.82, 2.24) is 10.2 Å². The van der Waals surface area contributed by atoms with E-state index in [9.17, 15) is 0 Å². The zero-order chi connectivity index (χ0) is 15.8. The van der Waals surface area contributed by atoms with Crippen molar-refractivity contribution in [2.75, 3.05) is 40.5 Å². The Bertz CT molecular complexity index is 490.